The molecule has 0 radical (unpaired) electrons. The van der Waals surface area contributed by atoms with Crippen LogP contribution in [0.4, 0.5) is 5.69 Å². The Hall–Kier alpha value is -2.45. The highest BCUT2D eigenvalue weighted by atomic mass is 16.6. The molecule has 1 rings (SSSR count). The number of aliphatic imine (C=N–C) groups is 1. The van der Waals surface area contributed by atoms with E-state index in [9.17, 15) is 9.59 Å². The minimum atomic E-state index is -1.24. The largest absolute Gasteiger partial charge is 0.390 e. The van der Waals surface area contributed by atoms with Crippen molar-refractivity contribution >= 4 is 23.6 Å². The lowest BCUT2D eigenvalue weighted by atomic mass is 10.1. The van der Waals surface area contributed by atoms with Gasteiger partial charge in [-0.3, -0.25) is 10.5 Å². The predicted octanol–water partition coefficient (Wildman–Crippen LogP) is -0.0848. The van der Waals surface area contributed by atoms with Crippen molar-refractivity contribution in [1.82, 2.24) is 0 Å². The van der Waals surface area contributed by atoms with Crippen LogP contribution < -0.4 is 17.2 Å². The summed E-state index contributed by atoms with van der Waals surface area (Å²) in [6.07, 6.45) is 0.0576. The lowest BCUT2D eigenvalue weighted by molar-refractivity contribution is -0.166. The van der Waals surface area contributed by atoms with Crippen molar-refractivity contribution in [2.75, 3.05) is 7.11 Å². The fourth-order valence-electron chi connectivity index (χ4n) is 1.64. The lowest BCUT2D eigenvalue weighted by Gasteiger charge is -2.08. The molecule has 120 valence electrons. The van der Waals surface area contributed by atoms with Crippen molar-refractivity contribution in [1.29, 1.82) is 0 Å². The third kappa shape index (κ3) is 6.33. The van der Waals surface area contributed by atoms with Crippen LogP contribution in [0.2, 0.25) is 0 Å². The number of hydrogen-bond donors (Lipinski definition) is 3. The van der Waals surface area contributed by atoms with Gasteiger partial charge in [0.15, 0.2) is 5.96 Å². The zero-order valence-electron chi connectivity index (χ0n) is 12.3. The number of esters is 2. The van der Waals surface area contributed by atoms with Gasteiger partial charge in [-0.25, -0.2) is 9.79 Å². The summed E-state index contributed by atoms with van der Waals surface area (Å²) in [4.78, 5) is 26.6. The van der Waals surface area contributed by atoms with Crippen molar-refractivity contribution in [2.24, 2.45) is 22.2 Å². The number of nitrogens with two attached hydrogens (primary N) is 3. The van der Waals surface area contributed by atoms with Crippen molar-refractivity contribution < 1.29 is 19.1 Å². The Bertz CT molecular complexity index is 538. The number of ether oxygens (including phenoxy) is 2. The molecule has 0 aliphatic carbocycles. The second-order valence-electron chi connectivity index (χ2n) is 4.51. The molecule has 0 heterocycles. The lowest BCUT2D eigenvalue weighted by Crippen LogP contribution is -2.35. The first-order valence-electron chi connectivity index (χ1n) is 6.64. The molecule has 1 atom stereocenters. The molecule has 0 bridgehead atoms. The summed E-state index contributed by atoms with van der Waals surface area (Å²) < 4.78 is 9.08. The van der Waals surface area contributed by atoms with E-state index in [1.165, 1.54) is 7.11 Å². The summed E-state index contributed by atoms with van der Waals surface area (Å²) >= 11 is 0. The van der Waals surface area contributed by atoms with Crippen LogP contribution in [0.25, 0.3) is 0 Å². The van der Waals surface area contributed by atoms with Gasteiger partial charge in [-0.15, -0.1) is 0 Å². The predicted molar refractivity (Wildman–Crippen MR) is 80.9 cm³/mol. The van der Waals surface area contributed by atoms with Gasteiger partial charge in [-0.2, -0.15) is 0 Å². The van der Waals surface area contributed by atoms with Crippen LogP contribution in [0.5, 0.6) is 0 Å². The average molecular weight is 308 g/mol. The molecule has 1 aromatic rings. The SMILES string of the molecule is COC(N)C(=O)OC(=O)CCCc1ccc(N=C(N)N)cc1. The van der Waals surface area contributed by atoms with Crippen LogP contribution in [-0.2, 0) is 25.5 Å². The topological polar surface area (TPSA) is 143 Å². The average Bonchev–Trinajstić information content (AvgIpc) is 2.47. The molecule has 0 aliphatic heterocycles. The second kappa shape index (κ2) is 8.75. The molecule has 22 heavy (non-hydrogen) atoms. The molecule has 0 aromatic heterocycles. The van der Waals surface area contributed by atoms with Gasteiger partial charge in [0, 0.05) is 13.5 Å². The van der Waals surface area contributed by atoms with Gasteiger partial charge in [0.05, 0.1) is 5.69 Å². The van der Waals surface area contributed by atoms with Crippen molar-refractivity contribution in [3.8, 4) is 0 Å². The molecule has 0 amide bonds. The Morgan fingerprint density at radius 2 is 1.86 bits per heavy atom. The molecule has 6 N–H and O–H groups in total. The van der Waals surface area contributed by atoms with Crippen LogP contribution in [0, 0.1) is 0 Å². The van der Waals surface area contributed by atoms with E-state index in [1.54, 1.807) is 12.1 Å². The van der Waals surface area contributed by atoms with E-state index in [-0.39, 0.29) is 12.4 Å². The number of methoxy groups -OCH3 is 1. The van der Waals surface area contributed by atoms with E-state index in [1.807, 2.05) is 12.1 Å². The molecule has 8 heteroatoms. The smallest absolute Gasteiger partial charge is 0.357 e. The van der Waals surface area contributed by atoms with Gasteiger partial charge in [0.1, 0.15) is 0 Å². The first kappa shape index (κ1) is 17.6. The molecule has 0 fully saturated rings. The summed E-state index contributed by atoms with van der Waals surface area (Å²) in [5, 5.41) is 0. The van der Waals surface area contributed by atoms with Crippen LogP contribution >= 0.6 is 0 Å². The maximum atomic E-state index is 11.4. The summed E-state index contributed by atoms with van der Waals surface area (Å²) in [6.45, 7) is 0. The summed E-state index contributed by atoms with van der Waals surface area (Å²) in [6, 6.07) is 7.27. The van der Waals surface area contributed by atoms with Crippen LogP contribution in [-0.4, -0.2) is 31.2 Å². The Labute approximate surface area is 128 Å². The number of benzene rings is 1. The molecule has 0 saturated carbocycles. The first-order chi connectivity index (χ1) is 10.4. The molecule has 8 nitrogen and oxygen atoms in total. The van der Waals surface area contributed by atoms with E-state index < -0.39 is 18.2 Å². The minimum absolute atomic E-state index is 0.00516. The van der Waals surface area contributed by atoms with Gasteiger partial charge in [-0.1, -0.05) is 12.1 Å². The maximum Gasteiger partial charge on any atom is 0.357 e. The zero-order valence-corrected chi connectivity index (χ0v) is 12.3. The molecule has 1 unspecified atom stereocenters. The number of carbonyl (C=O) groups is 2. The molecular weight excluding hydrogens is 288 g/mol. The summed E-state index contributed by atoms with van der Waals surface area (Å²) in [7, 11) is 1.25. The standard InChI is InChI=1S/C14H20N4O4/c1-21-12(15)13(20)22-11(19)4-2-3-9-5-7-10(8-6-9)18-14(16)17/h5-8,12H,2-4,15H2,1H3,(H4,16,17,18). The Morgan fingerprint density at radius 3 is 2.41 bits per heavy atom. The van der Waals surface area contributed by atoms with Crippen LogP contribution in [0.1, 0.15) is 18.4 Å². The van der Waals surface area contributed by atoms with Crippen molar-refractivity contribution in [3.05, 3.63) is 29.8 Å². The molecule has 0 aliphatic rings. The number of rotatable bonds is 7. The van der Waals surface area contributed by atoms with E-state index in [0.29, 0.717) is 18.5 Å². The molecule has 1 aromatic carbocycles. The number of hydrogen-bond acceptors (Lipinski definition) is 6. The molecular formula is C14H20N4O4. The fourth-order valence-corrected chi connectivity index (χ4v) is 1.64. The van der Waals surface area contributed by atoms with Crippen molar-refractivity contribution in [2.45, 2.75) is 25.5 Å². The van der Waals surface area contributed by atoms with E-state index in [2.05, 4.69) is 14.5 Å². The van der Waals surface area contributed by atoms with Gasteiger partial charge < -0.3 is 20.9 Å². The first-order valence-corrected chi connectivity index (χ1v) is 6.64. The molecule has 0 saturated heterocycles. The Kier molecular flexibility index (Phi) is 7.00. The van der Waals surface area contributed by atoms with Crippen LogP contribution in [0.15, 0.2) is 29.3 Å². The van der Waals surface area contributed by atoms with Gasteiger partial charge in [0.25, 0.3) is 0 Å². The number of nitrogens with zero attached hydrogens (tertiary/aromatic N) is 1. The highest BCUT2D eigenvalue weighted by Crippen LogP contribution is 2.14. The third-order valence-corrected chi connectivity index (χ3v) is 2.74. The van der Waals surface area contributed by atoms with Gasteiger partial charge in [0.2, 0.25) is 6.23 Å². The maximum absolute atomic E-state index is 11.4. The monoisotopic (exact) mass is 308 g/mol. The zero-order chi connectivity index (χ0) is 16.5. The third-order valence-electron chi connectivity index (χ3n) is 2.74. The van der Waals surface area contributed by atoms with Gasteiger partial charge in [-0.05, 0) is 30.5 Å². The second-order valence-corrected chi connectivity index (χ2v) is 4.51. The number of aryl methyl sites for hydroxylation is 1. The van der Waals surface area contributed by atoms with Crippen molar-refractivity contribution in [3.63, 3.8) is 0 Å². The number of carbonyl (C=O) groups excluding carboxylic acids is 2. The summed E-state index contributed by atoms with van der Waals surface area (Å²) in [5.74, 6) is -1.53. The quantitative estimate of drug-likeness (QED) is 0.210. The van der Waals surface area contributed by atoms with E-state index in [4.69, 9.17) is 17.2 Å². The van der Waals surface area contributed by atoms with Crippen LogP contribution in [0.3, 0.4) is 0 Å². The number of guanidine groups is 1. The Morgan fingerprint density at radius 1 is 1.23 bits per heavy atom. The van der Waals surface area contributed by atoms with E-state index >= 15 is 0 Å². The highest BCUT2D eigenvalue weighted by molar-refractivity contribution is 5.87. The Balaban J connectivity index is 2.36. The minimum Gasteiger partial charge on any atom is -0.390 e. The molecule has 0 spiro atoms. The summed E-state index contributed by atoms with van der Waals surface area (Å²) in [5.41, 5.74) is 17.5. The highest BCUT2D eigenvalue weighted by Gasteiger charge is 2.17. The van der Waals surface area contributed by atoms with Gasteiger partial charge >= 0.3 is 11.9 Å². The fraction of sp³-hybridized carbons (Fsp3) is 0.357. The van der Waals surface area contributed by atoms with E-state index in [0.717, 1.165) is 5.56 Å². The normalized spacial score (nSPS) is 11.5.